The van der Waals surface area contributed by atoms with E-state index in [2.05, 4.69) is 12.7 Å². The number of carbonyl (C=O) groups is 1. The Morgan fingerprint density at radius 3 is 2.44 bits per heavy atom. The van der Waals surface area contributed by atoms with Gasteiger partial charge in [-0.05, 0) is 103 Å². The second-order valence-corrected chi connectivity index (χ2v) is 17.8. The molecule has 6 atom stereocenters. The molecule has 2 heterocycles. The summed E-state index contributed by atoms with van der Waals surface area (Å²) in [7, 11) is 0. The molecule has 0 bridgehead atoms. The zero-order chi connectivity index (χ0) is 45.6. The summed E-state index contributed by atoms with van der Waals surface area (Å²) in [4.78, 5) is 34.5. The molecule has 0 radical (unpaired) electrons. The van der Waals surface area contributed by atoms with Gasteiger partial charge in [0.15, 0.2) is 11.5 Å². The summed E-state index contributed by atoms with van der Waals surface area (Å²) in [5.41, 5.74) is 4.21. The number of hydrogen-bond donors (Lipinski definition) is 2. The summed E-state index contributed by atoms with van der Waals surface area (Å²) in [5.74, 6) is 0.187. The second kappa shape index (κ2) is 20.1. The molecule has 2 aliphatic heterocycles. The molecule has 0 spiro atoms. The number of carbonyl (C=O) groups excluding carboxylic acids is 1. The van der Waals surface area contributed by atoms with Crippen LogP contribution >= 0.6 is 0 Å². The van der Waals surface area contributed by atoms with E-state index in [9.17, 15) is 20.3 Å². The predicted molar refractivity (Wildman–Crippen MR) is 245 cm³/mol. The van der Waals surface area contributed by atoms with Crippen molar-refractivity contribution in [2.24, 2.45) is 28.8 Å². The fourth-order valence-electron chi connectivity index (χ4n) is 10.4. The Hall–Kier alpha value is -6.22. The van der Waals surface area contributed by atoms with Gasteiger partial charge >= 0.3 is 0 Å². The van der Waals surface area contributed by atoms with E-state index < -0.39 is 22.7 Å². The number of aliphatic hydroxyl groups excluding tert-OH is 2. The highest BCUT2D eigenvalue weighted by Crippen LogP contribution is 2.62. The van der Waals surface area contributed by atoms with Crippen molar-refractivity contribution in [3.63, 3.8) is 0 Å². The highest BCUT2D eigenvalue weighted by atomic mass is 16.7. The molecule has 2 N–H and O–H groups in total. The number of amides is 1. The average Bonchev–Trinajstić information content (AvgIpc) is 4.08. The molecule has 1 amide bonds. The normalized spacial score (nSPS) is 24.1. The van der Waals surface area contributed by atoms with Crippen molar-refractivity contribution >= 4 is 17.3 Å². The molecule has 4 aromatic rings. The number of nitro benzene ring substituents is 1. The monoisotopic (exact) mass is 899 g/mol. The number of ether oxygens (including phenoxy) is 5. The van der Waals surface area contributed by atoms with Crippen LogP contribution in [0.4, 0.5) is 5.69 Å². The number of non-ortho nitro benzene ring substituents is 1. The SMILES string of the molecule is C=CCOC12Oc3ccc(Oc4cccc([N+](=O)[O-])c4)cc3C3C(CCCCO)C(CCCCO)C=C(C(=NOCc4ccccc4)CC1N(Cc1ccc4c(c1)OCO4)C(=O)C1CC1)C32. The van der Waals surface area contributed by atoms with E-state index in [1.54, 1.807) is 24.3 Å². The van der Waals surface area contributed by atoms with Crippen LogP contribution in [0.15, 0.2) is 120 Å². The summed E-state index contributed by atoms with van der Waals surface area (Å²) in [5, 5.41) is 36.7. The first-order chi connectivity index (χ1) is 32.3. The lowest BCUT2D eigenvalue weighted by Gasteiger charge is -2.60. The maximum Gasteiger partial charge on any atom is 0.273 e. The molecule has 0 aromatic heterocycles. The summed E-state index contributed by atoms with van der Waals surface area (Å²) in [6.45, 7) is 4.91. The summed E-state index contributed by atoms with van der Waals surface area (Å²) in [6, 6.07) is 26.6. The van der Waals surface area contributed by atoms with E-state index >= 15 is 4.79 Å². The minimum atomic E-state index is -1.45. The number of unbranched alkanes of at least 4 members (excludes halogenated alkanes) is 2. The van der Waals surface area contributed by atoms with E-state index in [0.717, 1.165) is 60.8 Å². The quantitative estimate of drug-likeness (QED) is 0.0353. The maximum atomic E-state index is 15.0. The smallest absolute Gasteiger partial charge is 0.273 e. The molecule has 2 saturated carbocycles. The van der Waals surface area contributed by atoms with E-state index in [1.165, 1.54) is 12.1 Å². The Balaban J connectivity index is 1.23. The van der Waals surface area contributed by atoms with Gasteiger partial charge in [0.05, 0.1) is 29.2 Å². The fraction of sp³-hybridized carbons (Fsp3) is 0.423. The van der Waals surface area contributed by atoms with Gasteiger partial charge in [0.25, 0.3) is 5.69 Å². The summed E-state index contributed by atoms with van der Waals surface area (Å²) < 4.78 is 32.4. The van der Waals surface area contributed by atoms with Crippen molar-refractivity contribution in [3.8, 4) is 28.7 Å². The Bertz CT molecular complexity index is 2450. The maximum absolute atomic E-state index is 15.0. The third kappa shape index (κ3) is 9.40. The fourth-order valence-corrected chi connectivity index (χ4v) is 10.4. The van der Waals surface area contributed by atoms with Crippen LogP contribution in [-0.2, 0) is 27.5 Å². The lowest BCUT2D eigenvalue weighted by atomic mass is 9.55. The Morgan fingerprint density at radius 1 is 0.894 bits per heavy atom. The first-order valence-corrected chi connectivity index (χ1v) is 23.2. The molecular formula is C52H57N3O11. The van der Waals surface area contributed by atoms with Crippen molar-refractivity contribution in [2.75, 3.05) is 26.6 Å². The van der Waals surface area contributed by atoms with E-state index in [4.69, 9.17) is 33.7 Å². The largest absolute Gasteiger partial charge is 0.459 e. The lowest BCUT2D eigenvalue weighted by molar-refractivity contribution is -0.384. The van der Waals surface area contributed by atoms with Gasteiger partial charge in [0, 0.05) is 49.6 Å². The standard InChI is InChI=1S/C52H57N3O11/c1-2-25-63-52-48(54(51(58)36-18-19-36)31-35-17-21-46-47(26-35)62-33-61-46)30-44(53-64-32-34-11-4-3-5-12-34)42-27-37(13-6-8-23-56)41(16-7-9-24-57)49(50(42)52)43-29-40(20-22-45(43)66-52)65-39-15-10-14-38(28-39)55(59)60/h2-5,10-12,14-15,17,20-22,26-29,36-37,41,48-50,56-57H,1,6-9,13,16,18-19,23-25,30-33H2. The van der Waals surface area contributed by atoms with Gasteiger partial charge in [-0.1, -0.05) is 72.6 Å². The third-order valence-electron chi connectivity index (χ3n) is 13.5. The van der Waals surface area contributed by atoms with Gasteiger partial charge in [0.2, 0.25) is 18.5 Å². The molecule has 4 aromatic carbocycles. The minimum absolute atomic E-state index is 0.0000584. The Kier molecular flexibility index (Phi) is 13.7. The first kappa shape index (κ1) is 45.0. The van der Waals surface area contributed by atoms with Gasteiger partial charge in [-0.25, -0.2) is 0 Å². The topological polar surface area (TPSA) is 172 Å². The molecule has 346 valence electrons. The number of allylic oxidation sites excluding steroid dienone is 1. The zero-order valence-electron chi connectivity index (χ0n) is 37.0. The number of benzene rings is 4. The van der Waals surface area contributed by atoms with Crippen molar-refractivity contribution in [2.45, 2.75) is 88.7 Å². The highest BCUT2D eigenvalue weighted by Gasteiger charge is 2.66. The molecule has 14 heteroatoms. The van der Waals surface area contributed by atoms with E-state index in [-0.39, 0.29) is 81.5 Å². The summed E-state index contributed by atoms with van der Waals surface area (Å²) in [6.07, 6.45) is 10.2. The van der Waals surface area contributed by atoms with Crippen LogP contribution in [0, 0.1) is 33.8 Å². The van der Waals surface area contributed by atoms with Crippen LogP contribution in [0.3, 0.4) is 0 Å². The van der Waals surface area contributed by atoms with Crippen LogP contribution in [0.2, 0.25) is 0 Å². The van der Waals surface area contributed by atoms with Crippen LogP contribution in [0.25, 0.3) is 0 Å². The number of rotatable bonds is 21. The highest BCUT2D eigenvalue weighted by molar-refractivity contribution is 6.03. The van der Waals surface area contributed by atoms with Crippen LogP contribution in [0.1, 0.15) is 80.4 Å². The molecule has 9 rings (SSSR count). The number of nitro groups is 1. The van der Waals surface area contributed by atoms with Crippen molar-refractivity contribution in [1.82, 2.24) is 4.90 Å². The molecule has 3 aliphatic carbocycles. The predicted octanol–water partition coefficient (Wildman–Crippen LogP) is 9.39. The molecule has 0 saturated heterocycles. The number of fused-ring (bicyclic) bond motifs is 3. The van der Waals surface area contributed by atoms with Crippen molar-refractivity contribution < 1.29 is 48.5 Å². The zero-order valence-corrected chi connectivity index (χ0v) is 37.0. The first-order valence-electron chi connectivity index (χ1n) is 23.2. The van der Waals surface area contributed by atoms with E-state index in [1.807, 2.05) is 65.6 Å². The van der Waals surface area contributed by atoms with Gasteiger partial charge < -0.3 is 43.6 Å². The Morgan fingerprint density at radius 2 is 1.67 bits per heavy atom. The number of aliphatic hydroxyl groups is 2. The molecule has 5 aliphatic rings. The number of oxime groups is 1. The molecule has 6 unspecified atom stereocenters. The molecule has 66 heavy (non-hydrogen) atoms. The summed E-state index contributed by atoms with van der Waals surface area (Å²) >= 11 is 0. The molecular weight excluding hydrogens is 843 g/mol. The van der Waals surface area contributed by atoms with Gasteiger partial charge in [0.1, 0.15) is 29.9 Å². The lowest BCUT2D eigenvalue weighted by Crippen LogP contribution is -2.70. The van der Waals surface area contributed by atoms with Crippen molar-refractivity contribution in [1.29, 1.82) is 0 Å². The van der Waals surface area contributed by atoms with Crippen LogP contribution in [0.5, 0.6) is 28.7 Å². The average molecular weight is 900 g/mol. The van der Waals surface area contributed by atoms with Crippen molar-refractivity contribution in [3.05, 3.63) is 142 Å². The molecule has 2 fully saturated rings. The third-order valence-corrected chi connectivity index (χ3v) is 13.5. The molecule has 14 nitrogen and oxygen atoms in total. The van der Waals surface area contributed by atoms with Gasteiger partial charge in [-0.2, -0.15) is 0 Å². The minimum Gasteiger partial charge on any atom is -0.459 e. The van der Waals surface area contributed by atoms with Crippen LogP contribution < -0.4 is 18.9 Å². The number of nitrogens with zero attached hydrogens (tertiary/aromatic N) is 3. The van der Waals surface area contributed by atoms with Gasteiger partial charge in [-0.15, -0.1) is 6.58 Å². The second-order valence-electron chi connectivity index (χ2n) is 17.8. The van der Waals surface area contributed by atoms with Gasteiger partial charge in [-0.3, -0.25) is 14.9 Å². The van der Waals surface area contributed by atoms with E-state index in [0.29, 0.717) is 47.3 Å². The number of hydrogen-bond acceptors (Lipinski definition) is 12. The van der Waals surface area contributed by atoms with Crippen LogP contribution in [-0.4, -0.2) is 70.1 Å². The Labute approximate surface area is 384 Å².